The number of nitrogens with one attached hydrogen (secondary N) is 2. The molecule has 0 radical (unpaired) electrons. The molecule has 5 nitrogen and oxygen atoms in total. The summed E-state index contributed by atoms with van der Waals surface area (Å²) in [4.78, 5) is 16.2. The highest BCUT2D eigenvalue weighted by molar-refractivity contribution is 5.94. The third-order valence-corrected chi connectivity index (χ3v) is 3.43. The SMILES string of the molecule is CCc1nc2cc(NC(=O)CNCC3CC3)ccc2o1. The molecule has 106 valence electrons. The van der Waals surface area contributed by atoms with Crippen LogP contribution in [0, 0.1) is 5.92 Å². The summed E-state index contributed by atoms with van der Waals surface area (Å²) in [6.07, 6.45) is 3.34. The number of carbonyl (C=O) groups excluding carboxylic acids is 1. The van der Waals surface area contributed by atoms with E-state index in [-0.39, 0.29) is 5.91 Å². The van der Waals surface area contributed by atoms with Gasteiger partial charge in [0.15, 0.2) is 11.5 Å². The van der Waals surface area contributed by atoms with Gasteiger partial charge in [-0.3, -0.25) is 4.79 Å². The second kappa shape index (κ2) is 5.63. The van der Waals surface area contributed by atoms with Gasteiger partial charge in [0.1, 0.15) is 5.52 Å². The number of benzene rings is 1. The van der Waals surface area contributed by atoms with Gasteiger partial charge in [-0.25, -0.2) is 4.98 Å². The average molecular weight is 273 g/mol. The molecule has 1 amide bonds. The Morgan fingerprint density at radius 2 is 2.30 bits per heavy atom. The van der Waals surface area contributed by atoms with Gasteiger partial charge < -0.3 is 15.1 Å². The molecular formula is C15H19N3O2. The number of rotatable bonds is 6. The Labute approximate surface area is 117 Å². The molecule has 1 fully saturated rings. The van der Waals surface area contributed by atoms with E-state index in [0.29, 0.717) is 6.54 Å². The average Bonchev–Trinajstić information content (AvgIpc) is 3.16. The summed E-state index contributed by atoms with van der Waals surface area (Å²) in [7, 11) is 0. The molecule has 2 N–H and O–H groups in total. The van der Waals surface area contributed by atoms with Crippen LogP contribution in [0.15, 0.2) is 22.6 Å². The quantitative estimate of drug-likeness (QED) is 0.847. The zero-order valence-corrected chi connectivity index (χ0v) is 11.6. The van der Waals surface area contributed by atoms with Crippen molar-refractivity contribution in [3.8, 4) is 0 Å². The van der Waals surface area contributed by atoms with Crippen LogP contribution in [0.1, 0.15) is 25.7 Å². The van der Waals surface area contributed by atoms with Gasteiger partial charge in [0, 0.05) is 12.1 Å². The number of oxazole rings is 1. The molecule has 0 saturated heterocycles. The first-order valence-corrected chi connectivity index (χ1v) is 7.14. The molecule has 1 saturated carbocycles. The summed E-state index contributed by atoms with van der Waals surface area (Å²) in [5, 5.41) is 6.04. The van der Waals surface area contributed by atoms with Gasteiger partial charge in [-0.15, -0.1) is 0 Å². The van der Waals surface area contributed by atoms with Crippen molar-refractivity contribution in [1.82, 2.24) is 10.3 Å². The lowest BCUT2D eigenvalue weighted by atomic mass is 10.3. The van der Waals surface area contributed by atoms with Crippen LogP contribution in [0.5, 0.6) is 0 Å². The van der Waals surface area contributed by atoms with Crippen molar-refractivity contribution in [2.75, 3.05) is 18.4 Å². The van der Waals surface area contributed by atoms with E-state index in [1.807, 2.05) is 25.1 Å². The molecule has 0 bridgehead atoms. The highest BCUT2D eigenvalue weighted by Crippen LogP contribution is 2.27. The van der Waals surface area contributed by atoms with Crippen LogP contribution >= 0.6 is 0 Å². The molecule has 2 aromatic rings. The second-order valence-electron chi connectivity index (χ2n) is 5.27. The van der Waals surface area contributed by atoms with Crippen LogP contribution in [-0.2, 0) is 11.2 Å². The van der Waals surface area contributed by atoms with Crippen LogP contribution < -0.4 is 10.6 Å². The fourth-order valence-corrected chi connectivity index (χ4v) is 2.12. The molecule has 3 rings (SSSR count). The largest absolute Gasteiger partial charge is 0.441 e. The normalized spacial score (nSPS) is 14.7. The lowest BCUT2D eigenvalue weighted by Gasteiger charge is -2.05. The summed E-state index contributed by atoms with van der Waals surface area (Å²) >= 11 is 0. The number of carbonyl (C=O) groups is 1. The third-order valence-electron chi connectivity index (χ3n) is 3.43. The topological polar surface area (TPSA) is 67.2 Å². The van der Waals surface area contributed by atoms with Crippen LogP contribution in [0.25, 0.3) is 11.1 Å². The first-order valence-electron chi connectivity index (χ1n) is 7.14. The molecule has 1 aromatic carbocycles. The van der Waals surface area contributed by atoms with Crippen molar-refractivity contribution in [2.45, 2.75) is 26.2 Å². The van der Waals surface area contributed by atoms with E-state index in [4.69, 9.17) is 4.42 Å². The number of amides is 1. The van der Waals surface area contributed by atoms with Crippen LogP contribution in [0.4, 0.5) is 5.69 Å². The minimum Gasteiger partial charge on any atom is -0.441 e. The predicted molar refractivity (Wildman–Crippen MR) is 77.6 cm³/mol. The standard InChI is InChI=1S/C15H19N3O2/c1-2-15-18-12-7-11(5-6-13(12)20-15)17-14(19)9-16-8-10-3-4-10/h5-7,10,16H,2-4,8-9H2,1H3,(H,17,19). The summed E-state index contributed by atoms with van der Waals surface area (Å²) in [5.74, 6) is 1.47. The fraction of sp³-hybridized carbons (Fsp3) is 0.467. The van der Waals surface area contributed by atoms with Crippen molar-refractivity contribution in [1.29, 1.82) is 0 Å². The Balaban J connectivity index is 1.59. The molecule has 0 spiro atoms. The predicted octanol–water partition coefficient (Wildman–Crippen LogP) is 2.33. The van der Waals surface area contributed by atoms with Crippen molar-refractivity contribution < 1.29 is 9.21 Å². The first kappa shape index (κ1) is 13.1. The first-order chi connectivity index (χ1) is 9.74. The van der Waals surface area contributed by atoms with E-state index < -0.39 is 0 Å². The second-order valence-corrected chi connectivity index (χ2v) is 5.27. The van der Waals surface area contributed by atoms with Crippen molar-refractivity contribution >= 4 is 22.7 Å². The van der Waals surface area contributed by atoms with Crippen LogP contribution in [-0.4, -0.2) is 24.0 Å². The van der Waals surface area contributed by atoms with Gasteiger partial charge >= 0.3 is 0 Å². The molecule has 1 aliphatic rings. The Hall–Kier alpha value is -1.88. The van der Waals surface area contributed by atoms with Gasteiger partial charge in [0.25, 0.3) is 0 Å². The maximum absolute atomic E-state index is 11.8. The zero-order chi connectivity index (χ0) is 13.9. The maximum Gasteiger partial charge on any atom is 0.238 e. The summed E-state index contributed by atoms with van der Waals surface area (Å²) in [6.45, 7) is 3.29. The van der Waals surface area contributed by atoms with E-state index in [1.54, 1.807) is 0 Å². The lowest BCUT2D eigenvalue weighted by Crippen LogP contribution is -2.29. The van der Waals surface area contributed by atoms with Crippen LogP contribution in [0.2, 0.25) is 0 Å². The number of hydrogen-bond acceptors (Lipinski definition) is 4. The maximum atomic E-state index is 11.8. The minimum absolute atomic E-state index is 0.0239. The van der Waals surface area contributed by atoms with Gasteiger partial charge in [0.05, 0.1) is 6.54 Å². The third kappa shape index (κ3) is 3.17. The molecule has 0 atom stereocenters. The summed E-state index contributed by atoms with van der Waals surface area (Å²) in [5.41, 5.74) is 2.30. The monoisotopic (exact) mass is 273 g/mol. The number of anilines is 1. The molecule has 1 aliphatic carbocycles. The Kier molecular flexibility index (Phi) is 3.69. The molecule has 0 unspecified atom stereocenters. The van der Waals surface area contributed by atoms with E-state index in [0.717, 1.165) is 41.6 Å². The smallest absolute Gasteiger partial charge is 0.238 e. The van der Waals surface area contributed by atoms with E-state index >= 15 is 0 Å². The molecule has 5 heteroatoms. The highest BCUT2D eigenvalue weighted by Gasteiger charge is 2.20. The van der Waals surface area contributed by atoms with Gasteiger partial charge in [-0.05, 0) is 43.5 Å². The molecule has 1 aromatic heterocycles. The fourth-order valence-electron chi connectivity index (χ4n) is 2.12. The number of hydrogen-bond donors (Lipinski definition) is 2. The van der Waals surface area contributed by atoms with E-state index in [2.05, 4.69) is 15.6 Å². The zero-order valence-electron chi connectivity index (χ0n) is 11.6. The Morgan fingerprint density at radius 3 is 3.05 bits per heavy atom. The van der Waals surface area contributed by atoms with Gasteiger partial charge in [-0.1, -0.05) is 6.92 Å². The highest BCUT2D eigenvalue weighted by atomic mass is 16.3. The van der Waals surface area contributed by atoms with Crippen molar-refractivity contribution in [3.63, 3.8) is 0 Å². The molecule has 1 heterocycles. The molecular weight excluding hydrogens is 254 g/mol. The minimum atomic E-state index is -0.0239. The Morgan fingerprint density at radius 1 is 1.45 bits per heavy atom. The molecule has 20 heavy (non-hydrogen) atoms. The summed E-state index contributed by atoms with van der Waals surface area (Å²) in [6, 6.07) is 5.53. The summed E-state index contributed by atoms with van der Waals surface area (Å²) < 4.78 is 5.54. The van der Waals surface area contributed by atoms with Gasteiger partial charge in [-0.2, -0.15) is 0 Å². The van der Waals surface area contributed by atoms with Crippen molar-refractivity contribution in [2.24, 2.45) is 5.92 Å². The number of nitrogens with zero attached hydrogens (tertiary/aromatic N) is 1. The van der Waals surface area contributed by atoms with E-state index in [9.17, 15) is 4.79 Å². The molecule has 0 aliphatic heterocycles. The van der Waals surface area contributed by atoms with E-state index in [1.165, 1.54) is 12.8 Å². The van der Waals surface area contributed by atoms with Gasteiger partial charge in [0.2, 0.25) is 5.91 Å². The van der Waals surface area contributed by atoms with Crippen LogP contribution in [0.3, 0.4) is 0 Å². The number of aryl methyl sites for hydroxylation is 1. The lowest BCUT2D eigenvalue weighted by molar-refractivity contribution is -0.115. The van der Waals surface area contributed by atoms with Crippen molar-refractivity contribution in [3.05, 3.63) is 24.1 Å². The number of aromatic nitrogens is 1. The Bertz CT molecular complexity index is 617. The number of fused-ring (bicyclic) bond motifs is 1.